The van der Waals surface area contributed by atoms with E-state index in [2.05, 4.69) is 42.5 Å². The van der Waals surface area contributed by atoms with Crippen LogP contribution in [-0.4, -0.2) is 18.5 Å². The number of hydrogen-bond acceptors (Lipinski definition) is 4. The first-order valence-corrected chi connectivity index (χ1v) is 12.1. The molecule has 0 aliphatic heterocycles. The van der Waals surface area contributed by atoms with Gasteiger partial charge in [-0.25, -0.2) is 0 Å². The molecule has 0 radical (unpaired) electrons. The lowest BCUT2D eigenvalue weighted by Gasteiger charge is -2.21. The molecule has 3 aromatic carbocycles. The van der Waals surface area contributed by atoms with E-state index in [1.165, 1.54) is 22.3 Å². The van der Waals surface area contributed by atoms with Crippen molar-refractivity contribution in [3.8, 4) is 22.3 Å². The molecule has 0 fully saturated rings. The summed E-state index contributed by atoms with van der Waals surface area (Å²) in [7, 11) is 0. The third-order valence-corrected chi connectivity index (χ3v) is 6.29. The highest BCUT2D eigenvalue weighted by Gasteiger charge is 2.33. The standard InChI is InChI=1S/C31H34O4/c1-30(2,3)28(32)34-18-20-11-9-12-21(17-20)22-15-10-16-25-23-13-7-8-14-24(23)26(27(22)25)19-35-29(33)31(4,5)6/h7-17,26H,18-19H2,1-6H3. The highest BCUT2D eigenvalue weighted by Crippen LogP contribution is 2.49. The first kappa shape index (κ1) is 24.7. The molecule has 0 saturated carbocycles. The van der Waals surface area contributed by atoms with E-state index < -0.39 is 10.8 Å². The van der Waals surface area contributed by atoms with E-state index in [-0.39, 0.29) is 24.5 Å². The SMILES string of the molecule is CC(C)(C)C(=O)OCc1cccc(-c2cccc3c2C(COC(=O)C(C)(C)C)c2ccccc2-3)c1. The molecule has 0 N–H and O–H groups in total. The number of esters is 2. The molecule has 4 nitrogen and oxygen atoms in total. The van der Waals surface area contributed by atoms with E-state index in [1.54, 1.807) is 0 Å². The second-order valence-corrected chi connectivity index (χ2v) is 11.3. The first-order valence-electron chi connectivity index (χ1n) is 12.1. The topological polar surface area (TPSA) is 52.6 Å². The van der Waals surface area contributed by atoms with E-state index in [4.69, 9.17) is 9.47 Å². The molecule has 4 heteroatoms. The van der Waals surface area contributed by atoms with E-state index in [1.807, 2.05) is 65.8 Å². The summed E-state index contributed by atoms with van der Waals surface area (Å²) in [6, 6.07) is 22.8. The third kappa shape index (κ3) is 5.17. The van der Waals surface area contributed by atoms with Crippen LogP contribution < -0.4 is 0 Å². The van der Waals surface area contributed by atoms with Crippen LogP contribution in [0.25, 0.3) is 22.3 Å². The summed E-state index contributed by atoms with van der Waals surface area (Å²) in [6.07, 6.45) is 0. The van der Waals surface area contributed by atoms with Crippen LogP contribution >= 0.6 is 0 Å². The molecule has 0 spiro atoms. The van der Waals surface area contributed by atoms with Crippen molar-refractivity contribution in [3.05, 3.63) is 83.4 Å². The Morgan fingerprint density at radius 3 is 2.03 bits per heavy atom. The van der Waals surface area contributed by atoms with Crippen molar-refractivity contribution in [2.45, 2.75) is 54.1 Å². The maximum absolute atomic E-state index is 12.6. The van der Waals surface area contributed by atoms with Gasteiger partial charge in [0, 0.05) is 5.92 Å². The molecule has 0 bridgehead atoms. The van der Waals surface area contributed by atoms with Gasteiger partial charge in [0.05, 0.1) is 10.8 Å². The van der Waals surface area contributed by atoms with Gasteiger partial charge in [-0.15, -0.1) is 0 Å². The molecule has 4 rings (SSSR count). The van der Waals surface area contributed by atoms with Gasteiger partial charge in [-0.2, -0.15) is 0 Å². The maximum Gasteiger partial charge on any atom is 0.311 e. The van der Waals surface area contributed by atoms with E-state index >= 15 is 0 Å². The van der Waals surface area contributed by atoms with Gasteiger partial charge in [0.2, 0.25) is 0 Å². The summed E-state index contributed by atoms with van der Waals surface area (Å²) in [5, 5.41) is 0. The summed E-state index contributed by atoms with van der Waals surface area (Å²) in [5.74, 6) is -0.477. The Morgan fingerprint density at radius 1 is 0.714 bits per heavy atom. The van der Waals surface area contributed by atoms with Gasteiger partial charge in [-0.3, -0.25) is 9.59 Å². The van der Waals surface area contributed by atoms with Crippen LogP contribution in [0.4, 0.5) is 0 Å². The highest BCUT2D eigenvalue weighted by molar-refractivity contribution is 5.87. The predicted molar refractivity (Wildman–Crippen MR) is 139 cm³/mol. The van der Waals surface area contributed by atoms with Gasteiger partial charge in [0.1, 0.15) is 13.2 Å². The molecule has 3 aromatic rings. The number of benzene rings is 3. The fourth-order valence-electron chi connectivity index (χ4n) is 4.37. The minimum atomic E-state index is -0.556. The van der Waals surface area contributed by atoms with Gasteiger partial charge in [0.25, 0.3) is 0 Å². The Hall–Kier alpha value is -3.40. The van der Waals surface area contributed by atoms with Gasteiger partial charge in [-0.05, 0) is 86.6 Å². The number of hydrogen-bond donors (Lipinski definition) is 0. The van der Waals surface area contributed by atoms with Crippen LogP contribution in [0.1, 0.15) is 64.2 Å². The molecular formula is C31H34O4. The zero-order chi connectivity index (χ0) is 25.4. The summed E-state index contributed by atoms with van der Waals surface area (Å²) in [5.41, 5.74) is 6.66. The largest absolute Gasteiger partial charge is 0.464 e. The number of carbonyl (C=O) groups excluding carboxylic acids is 2. The molecular weight excluding hydrogens is 436 g/mol. The Kier molecular flexibility index (Phi) is 6.59. The highest BCUT2D eigenvalue weighted by atomic mass is 16.5. The zero-order valence-corrected chi connectivity index (χ0v) is 21.5. The van der Waals surface area contributed by atoms with Gasteiger partial charge in [0.15, 0.2) is 0 Å². The number of carbonyl (C=O) groups is 2. The number of ether oxygens (including phenoxy) is 2. The fraction of sp³-hybridized carbons (Fsp3) is 0.355. The lowest BCUT2D eigenvalue weighted by molar-refractivity contribution is -0.154. The molecule has 1 aliphatic carbocycles. The molecule has 1 unspecified atom stereocenters. The van der Waals surface area contributed by atoms with Crippen LogP contribution in [0.3, 0.4) is 0 Å². The summed E-state index contributed by atoms with van der Waals surface area (Å²) >= 11 is 0. The summed E-state index contributed by atoms with van der Waals surface area (Å²) in [6.45, 7) is 11.7. The molecule has 0 amide bonds. The Labute approximate surface area is 208 Å². The van der Waals surface area contributed by atoms with Crippen molar-refractivity contribution in [3.63, 3.8) is 0 Å². The molecule has 1 atom stereocenters. The molecule has 1 aliphatic rings. The van der Waals surface area contributed by atoms with Crippen molar-refractivity contribution in [1.82, 2.24) is 0 Å². The van der Waals surface area contributed by atoms with E-state index in [0.717, 1.165) is 16.7 Å². The third-order valence-electron chi connectivity index (χ3n) is 6.29. The van der Waals surface area contributed by atoms with Crippen LogP contribution in [0.2, 0.25) is 0 Å². The fourth-order valence-corrected chi connectivity index (χ4v) is 4.37. The smallest absolute Gasteiger partial charge is 0.311 e. The minimum Gasteiger partial charge on any atom is -0.464 e. The average Bonchev–Trinajstić information content (AvgIpc) is 3.13. The van der Waals surface area contributed by atoms with Crippen molar-refractivity contribution in [1.29, 1.82) is 0 Å². The summed E-state index contributed by atoms with van der Waals surface area (Å²) in [4.78, 5) is 24.8. The maximum atomic E-state index is 12.6. The Morgan fingerprint density at radius 2 is 1.31 bits per heavy atom. The van der Waals surface area contributed by atoms with Gasteiger partial charge >= 0.3 is 11.9 Å². The number of rotatable bonds is 5. The monoisotopic (exact) mass is 470 g/mol. The molecule has 0 saturated heterocycles. The summed E-state index contributed by atoms with van der Waals surface area (Å²) < 4.78 is 11.4. The van der Waals surface area contributed by atoms with Gasteiger partial charge < -0.3 is 9.47 Å². The Balaban J connectivity index is 1.70. The quantitative estimate of drug-likeness (QED) is 0.372. The first-order chi connectivity index (χ1) is 16.5. The second-order valence-electron chi connectivity index (χ2n) is 11.3. The minimum absolute atomic E-state index is 0.0499. The van der Waals surface area contributed by atoms with Crippen molar-refractivity contribution in [2.75, 3.05) is 6.61 Å². The van der Waals surface area contributed by atoms with Crippen molar-refractivity contribution >= 4 is 11.9 Å². The molecule has 35 heavy (non-hydrogen) atoms. The zero-order valence-electron chi connectivity index (χ0n) is 21.5. The van der Waals surface area contributed by atoms with Crippen LogP contribution in [0.15, 0.2) is 66.7 Å². The van der Waals surface area contributed by atoms with Crippen molar-refractivity contribution in [2.24, 2.45) is 10.8 Å². The van der Waals surface area contributed by atoms with E-state index in [9.17, 15) is 9.59 Å². The molecule has 182 valence electrons. The normalized spacial score (nSPS) is 14.7. The molecule has 0 heterocycles. The Bertz CT molecular complexity index is 1260. The average molecular weight is 471 g/mol. The van der Waals surface area contributed by atoms with Crippen molar-refractivity contribution < 1.29 is 19.1 Å². The van der Waals surface area contributed by atoms with Gasteiger partial charge in [-0.1, -0.05) is 60.7 Å². The second kappa shape index (κ2) is 9.33. The van der Waals surface area contributed by atoms with Crippen LogP contribution in [-0.2, 0) is 25.7 Å². The van der Waals surface area contributed by atoms with Crippen LogP contribution in [0, 0.1) is 10.8 Å². The predicted octanol–water partition coefficient (Wildman–Crippen LogP) is 7.14. The lowest BCUT2D eigenvalue weighted by atomic mass is 9.89. The number of fused-ring (bicyclic) bond motifs is 3. The molecule has 0 aromatic heterocycles. The van der Waals surface area contributed by atoms with E-state index in [0.29, 0.717) is 6.61 Å². The lowest BCUT2D eigenvalue weighted by Crippen LogP contribution is -2.25. The van der Waals surface area contributed by atoms with Crippen LogP contribution in [0.5, 0.6) is 0 Å².